The lowest BCUT2D eigenvalue weighted by atomic mass is 10.2. The Balaban J connectivity index is 2.70. The van der Waals surface area contributed by atoms with Crippen molar-refractivity contribution in [2.45, 2.75) is 6.04 Å². The molecule has 1 aromatic heterocycles. The molecule has 1 rings (SSSR count). The van der Waals surface area contributed by atoms with Gasteiger partial charge in [0.15, 0.2) is 0 Å². The standard InChI is InChI=1S/C9H10BrN3O/c10-7-1-2-8(13-6-7)9(5-11)12-3-4-14/h1-2,6,9,12,14H,3-4H2. The molecule has 0 aliphatic carbocycles. The quantitative estimate of drug-likeness (QED) is 0.842. The van der Waals surface area contributed by atoms with Crippen LogP contribution in [0.5, 0.6) is 0 Å². The van der Waals surface area contributed by atoms with Crippen LogP contribution < -0.4 is 5.32 Å². The van der Waals surface area contributed by atoms with Crippen molar-refractivity contribution < 1.29 is 5.11 Å². The summed E-state index contributed by atoms with van der Waals surface area (Å²) in [5.41, 5.74) is 0.657. The Hall–Kier alpha value is -0.960. The second-order valence-corrected chi connectivity index (χ2v) is 3.56. The number of aliphatic hydroxyl groups is 1. The molecule has 0 bridgehead atoms. The molecule has 1 heterocycles. The van der Waals surface area contributed by atoms with Crippen LogP contribution in [0, 0.1) is 11.3 Å². The third-order valence-corrected chi connectivity index (χ3v) is 2.10. The highest BCUT2D eigenvalue weighted by Gasteiger charge is 2.09. The summed E-state index contributed by atoms with van der Waals surface area (Å²) in [6.07, 6.45) is 1.64. The second-order valence-electron chi connectivity index (χ2n) is 2.64. The van der Waals surface area contributed by atoms with Crippen molar-refractivity contribution in [2.75, 3.05) is 13.2 Å². The number of aliphatic hydroxyl groups excluding tert-OH is 1. The first-order valence-corrected chi connectivity index (χ1v) is 4.92. The summed E-state index contributed by atoms with van der Waals surface area (Å²) in [6.45, 7) is 0.394. The number of rotatable bonds is 4. The van der Waals surface area contributed by atoms with Crippen molar-refractivity contribution in [1.29, 1.82) is 5.26 Å². The zero-order valence-electron chi connectivity index (χ0n) is 7.44. The van der Waals surface area contributed by atoms with Crippen molar-refractivity contribution in [2.24, 2.45) is 0 Å². The van der Waals surface area contributed by atoms with Gasteiger partial charge in [-0.25, -0.2) is 0 Å². The molecule has 0 radical (unpaired) electrons. The predicted molar refractivity (Wildman–Crippen MR) is 55.4 cm³/mol. The summed E-state index contributed by atoms with van der Waals surface area (Å²) in [6, 6.07) is 5.20. The smallest absolute Gasteiger partial charge is 0.138 e. The Bertz CT molecular complexity index is 320. The number of nitriles is 1. The Morgan fingerprint density at radius 3 is 2.93 bits per heavy atom. The second kappa shape index (κ2) is 5.70. The minimum atomic E-state index is -0.463. The van der Waals surface area contributed by atoms with Crippen LogP contribution >= 0.6 is 15.9 Å². The lowest BCUT2D eigenvalue weighted by Gasteiger charge is -2.09. The highest BCUT2D eigenvalue weighted by atomic mass is 79.9. The third-order valence-electron chi connectivity index (χ3n) is 1.64. The molecule has 0 spiro atoms. The average Bonchev–Trinajstić information content (AvgIpc) is 2.21. The zero-order valence-corrected chi connectivity index (χ0v) is 9.03. The average molecular weight is 256 g/mol. The van der Waals surface area contributed by atoms with Crippen LogP contribution in [-0.2, 0) is 0 Å². The van der Waals surface area contributed by atoms with E-state index in [4.69, 9.17) is 10.4 Å². The topological polar surface area (TPSA) is 68.9 Å². The number of nitrogens with one attached hydrogen (secondary N) is 1. The molecule has 14 heavy (non-hydrogen) atoms. The van der Waals surface area contributed by atoms with E-state index in [0.717, 1.165) is 4.47 Å². The maximum atomic E-state index is 8.83. The molecule has 1 unspecified atom stereocenters. The molecule has 74 valence electrons. The molecule has 4 nitrogen and oxygen atoms in total. The van der Waals surface area contributed by atoms with Gasteiger partial charge in [-0.1, -0.05) is 0 Å². The van der Waals surface area contributed by atoms with Gasteiger partial charge in [-0.15, -0.1) is 0 Å². The van der Waals surface area contributed by atoms with E-state index in [9.17, 15) is 0 Å². The summed E-state index contributed by atoms with van der Waals surface area (Å²) in [5.74, 6) is 0. The van der Waals surface area contributed by atoms with Crippen molar-refractivity contribution >= 4 is 15.9 Å². The third kappa shape index (κ3) is 3.07. The highest BCUT2D eigenvalue weighted by molar-refractivity contribution is 9.10. The lowest BCUT2D eigenvalue weighted by Crippen LogP contribution is -2.23. The Labute approximate surface area is 90.7 Å². The molecule has 0 aromatic carbocycles. The maximum absolute atomic E-state index is 8.83. The molecular weight excluding hydrogens is 246 g/mol. The number of halogens is 1. The molecule has 2 N–H and O–H groups in total. The first-order chi connectivity index (χ1) is 6.77. The number of nitrogens with zero attached hydrogens (tertiary/aromatic N) is 2. The van der Waals surface area contributed by atoms with Crippen LogP contribution in [0.4, 0.5) is 0 Å². The van der Waals surface area contributed by atoms with Crippen LogP contribution in [0.1, 0.15) is 11.7 Å². The van der Waals surface area contributed by atoms with E-state index < -0.39 is 6.04 Å². The summed E-state index contributed by atoms with van der Waals surface area (Å²) in [7, 11) is 0. The summed E-state index contributed by atoms with van der Waals surface area (Å²) in [5, 5.41) is 20.3. The van der Waals surface area contributed by atoms with Crippen LogP contribution in [0.15, 0.2) is 22.8 Å². The zero-order chi connectivity index (χ0) is 10.4. The fourth-order valence-electron chi connectivity index (χ4n) is 0.983. The van der Waals surface area contributed by atoms with E-state index in [0.29, 0.717) is 12.2 Å². The normalized spacial score (nSPS) is 12.1. The Morgan fingerprint density at radius 1 is 1.64 bits per heavy atom. The lowest BCUT2D eigenvalue weighted by molar-refractivity contribution is 0.289. The summed E-state index contributed by atoms with van der Waals surface area (Å²) < 4.78 is 0.875. The molecular formula is C9H10BrN3O. The SMILES string of the molecule is N#CC(NCCO)c1ccc(Br)cn1. The number of hydrogen-bond donors (Lipinski definition) is 2. The van der Waals surface area contributed by atoms with Gasteiger partial charge >= 0.3 is 0 Å². The molecule has 0 fully saturated rings. The van der Waals surface area contributed by atoms with Gasteiger partial charge in [-0.05, 0) is 28.1 Å². The van der Waals surface area contributed by atoms with Gasteiger partial charge in [0.2, 0.25) is 0 Å². The number of hydrogen-bond acceptors (Lipinski definition) is 4. The molecule has 0 aliphatic rings. The molecule has 1 aromatic rings. The fraction of sp³-hybridized carbons (Fsp3) is 0.333. The molecule has 1 atom stereocenters. The van der Waals surface area contributed by atoms with Gasteiger partial charge in [0.05, 0.1) is 18.4 Å². The van der Waals surface area contributed by atoms with Crippen molar-refractivity contribution in [3.63, 3.8) is 0 Å². The van der Waals surface area contributed by atoms with Crippen LogP contribution in [0.2, 0.25) is 0 Å². The predicted octanol–water partition coefficient (Wildman–Crippen LogP) is 0.991. The molecule has 0 amide bonds. The number of aromatic nitrogens is 1. The summed E-state index contributed by atoms with van der Waals surface area (Å²) in [4.78, 5) is 4.09. The minimum Gasteiger partial charge on any atom is -0.395 e. The van der Waals surface area contributed by atoms with Crippen molar-refractivity contribution in [3.05, 3.63) is 28.5 Å². The largest absolute Gasteiger partial charge is 0.395 e. The fourth-order valence-corrected chi connectivity index (χ4v) is 1.22. The molecule has 5 heteroatoms. The molecule has 0 aliphatic heterocycles. The first-order valence-electron chi connectivity index (χ1n) is 4.13. The van der Waals surface area contributed by atoms with Gasteiger partial charge in [-0.2, -0.15) is 5.26 Å². The summed E-state index contributed by atoms with van der Waals surface area (Å²) >= 11 is 3.26. The van der Waals surface area contributed by atoms with Gasteiger partial charge in [0, 0.05) is 17.2 Å². The van der Waals surface area contributed by atoms with Gasteiger partial charge in [-0.3, -0.25) is 10.3 Å². The van der Waals surface area contributed by atoms with Crippen LogP contribution in [0.25, 0.3) is 0 Å². The maximum Gasteiger partial charge on any atom is 0.138 e. The minimum absolute atomic E-state index is 0.00864. The Kier molecular flexibility index (Phi) is 4.53. The van der Waals surface area contributed by atoms with E-state index in [-0.39, 0.29) is 6.61 Å². The van der Waals surface area contributed by atoms with E-state index in [1.54, 1.807) is 12.3 Å². The first kappa shape index (κ1) is 11.1. The van der Waals surface area contributed by atoms with Crippen molar-refractivity contribution in [1.82, 2.24) is 10.3 Å². The van der Waals surface area contributed by atoms with E-state index >= 15 is 0 Å². The van der Waals surface area contributed by atoms with Crippen LogP contribution in [-0.4, -0.2) is 23.2 Å². The Morgan fingerprint density at radius 2 is 2.43 bits per heavy atom. The monoisotopic (exact) mass is 255 g/mol. The molecule has 0 saturated carbocycles. The van der Waals surface area contributed by atoms with Crippen LogP contribution in [0.3, 0.4) is 0 Å². The van der Waals surface area contributed by atoms with Gasteiger partial charge < -0.3 is 5.11 Å². The van der Waals surface area contributed by atoms with Gasteiger partial charge in [0.1, 0.15) is 6.04 Å². The highest BCUT2D eigenvalue weighted by Crippen LogP contribution is 2.12. The van der Waals surface area contributed by atoms with Crippen molar-refractivity contribution in [3.8, 4) is 6.07 Å². The van der Waals surface area contributed by atoms with Gasteiger partial charge in [0.25, 0.3) is 0 Å². The van der Waals surface area contributed by atoms with E-state index in [2.05, 4.69) is 32.3 Å². The number of pyridine rings is 1. The van der Waals surface area contributed by atoms with E-state index in [1.165, 1.54) is 0 Å². The molecule has 0 saturated heterocycles. The van der Waals surface area contributed by atoms with E-state index in [1.807, 2.05) is 6.07 Å².